The summed E-state index contributed by atoms with van der Waals surface area (Å²) >= 11 is 0. The molecule has 0 aliphatic carbocycles. The molecule has 0 radical (unpaired) electrons. The van der Waals surface area contributed by atoms with Gasteiger partial charge in [-0.1, -0.05) is 12.1 Å². The van der Waals surface area contributed by atoms with E-state index < -0.39 is 0 Å². The molecule has 0 unspecified atom stereocenters. The molecule has 1 aromatic heterocycles. The first-order valence-electron chi connectivity index (χ1n) is 8.64. The van der Waals surface area contributed by atoms with Crippen LogP contribution in [0.2, 0.25) is 0 Å². The summed E-state index contributed by atoms with van der Waals surface area (Å²) < 4.78 is 7.21. The number of nitrogens with one attached hydrogen (secondary N) is 1. The number of ether oxygens (including phenoxy) is 1. The van der Waals surface area contributed by atoms with Crippen LogP contribution in [0.15, 0.2) is 35.6 Å². The van der Waals surface area contributed by atoms with Gasteiger partial charge < -0.3 is 15.0 Å². The monoisotopic (exact) mass is 471 g/mol. The molecule has 1 N–H and O–H groups in total. The third kappa shape index (κ3) is 6.51. The van der Waals surface area contributed by atoms with Gasteiger partial charge in [0.05, 0.1) is 13.3 Å². The molecule has 26 heavy (non-hydrogen) atoms. The van der Waals surface area contributed by atoms with Crippen molar-refractivity contribution < 1.29 is 4.74 Å². The predicted octanol–water partition coefficient (Wildman–Crippen LogP) is 3.00. The van der Waals surface area contributed by atoms with Crippen molar-refractivity contribution in [2.24, 2.45) is 12.0 Å². The van der Waals surface area contributed by atoms with E-state index in [0.717, 1.165) is 43.3 Å². The number of aromatic nitrogens is 2. The van der Waals surface area contributed by atoms with E-state index in [1.807, 2.05) is 31.2 Å². The molecule has 0 spiro atoms. The smallest absolute Gasteiger partial charge is 0.193 e. The Hall–Kier alpha value is -1.77. The van der Waals surface area contributed by atoms with Gasteiger partial charge in [0.2, 0.25) is 0 Å². The molecular weight excluding hydrogens is 441 g/mol. The second-order valence-electron chi connectivity index (χ2n) is 6.17. The number of hydrogen-bond donors (Lipinski definition) is 1. The third-order valence-corrected chi connectivity index (χ3v) is 4.01. The molecule has 1 aromatic carbocycles. The van der Waals surface area contributed by atoms with Crippen LogP contribution >= 0.6 is 24.0 Å². The van der Waals surface area contributed by atoms with Crippen LogP contribution in [0.25, 0.3) is 0 Å². The molecule has 0 atom stereocenters. The molecule has 0 saturated heterocycles. The Morgan fingerprint density at radius 3 is 2.73 bits per heavy atom. The summed E-state index contributed by atoms with van der Waals surface area (Å²) in [6.07, 6.45) is 4.80. The van der Waals surface area contributed by atoms with Gasteiger partial charge in [-0.05, 0) is 37.5 Å². The lowest BCUT2D eigenvalue weighted by molar-refractivity contribution is 0.411. The quantitative estimate of drug-likeness (QED) is 0.383. The van der Waals surface area contributed by atoms with Gasteiger partial charge in [0.1, 0.15) is 5.75 Å². The van der Waals surface area contributed by atoms with Gasteiger partial charge in [-0.2, -0.15) is 5.10 Å². The number of aryl methyl sites for hydroxylation is 2. The highest BCUT2D eigenvalue weighted by atomic mass is 127. The molecule has 1 heterocycles. The van der Waals surface area contributed by atoms with Gasteiger partial charge in [0.25, 0.3) is 0 Å². The third-order valence-electron chi connectivity index (χ3n) is 4.01. The number of halogens is 1. The van der Waals surface area contributed by atoms with Gasteiger partial charge >= 0.3 is 0 Å². The highest BCUT2D eigenvalue weighted by Gasteiger charge is 2.08. The fourth-order valence-corrected chi connectivity index (χ4v) is 2.68. The molecule has 0 saturated carbocycles. The predicted molar refractivity (Wildman–Crippen MR) is 118 cm³/mol. The number of guanidine groups is 1. The largest absolute Gasteiger partial charge is 0.496 e. The Balaban J connectivity index is 0.00000338. The van der Waals surface area contributed by atoms with E-state index in [-0.39, 0.29) is 24.0 Å². The number of hydrogen-bond acceptors (Lipinski definition) is 3. The molecule has 2 aromatic rings. The molecular formula is C19H30IN5O. The van der Waals surface area contributed by atoms with E-state index in [0.29, 0.717) is 0 Å². The van der Waals surface area contributed by atoms with E-state index in [4.69, 9.17) is 9.73 Å². The van der Waals surface area contributed by atoms with Crippen molar-refractivity contribution in [1.29, 1.82) is 0 Å². The van der Waals surface area contributed by atoms with Gasteiger partial charge in [-0.15, -0.1) is 24.0 Å². The Morgan fingerprint density at radius 1 is 1.35 bits per heavy atom. The lowest BCUT2D eigenvalue weighted by atomic mass is 10.1. The lowest BCUT2D eigenvalue weighted by Crippen LogP contribution is -2.38. The highest BCUT2D eigenvalue weighted by Crippen LogP contribution is 2.19. The van der Waals surface area contributed by atoms with Crippen LogP contribution in [0.4, 0.5) is 0 Å². The Kier molecular flexibility index (Phi) is 9.47. The van der Waals surface area contributed by atoms with Crippen molar-refractivity contribution in [2.45, 2.75) is 26.8 Å². The zero-order valence-electron chi connectivity index (χ0n) is 16.3. The van der Waals surface area contributed by atoms with Crippen molar-refractivity contribution in [3.8, 4) is 5.75 Å². The Labute approximate surface area is 173 Å². The first kappa shape index (κ1) is 22.3. The van der Waals surface area contributed by atoms with Gasteiger partial charge in [0.15, 0.2) is 5.96 Å². The topological polar surface area (TPSA) is 54.7 Å². The van der Waals surface area contributed by atoms with Crippen LogP contribution in [-0.2, 0) is 20.0 Å². The maximum absolute atomic E-state index is 5.39. The molecule has 0 aliphatic heterocycles. The summed E-state index contributed by atoms with van der Waals surface area (Å²) in [5.41, 5.74) is 3.55. The number of aliphatic imine (C=N–C) groups is 1. The Morgan fingerprint density at radius 2 is 2.12 bits per heavy atom. The fraction of sp³-hybridized carbons (Fsp3) is 0.474. The van der Waals surface area contributed by atoms with Crippen LogP contribution in [0, 0.1) is 6.92 Å². The van der Waals surface area contributed by atoms with Crippen molar-refractivity contribution in [1.82, 2.24) is 20.0 Å². The molecule has 0 aliphatic rings. The minimum atomic E-state index is 0. The number of rotatable bonds is 7. The fourth-order valence-electron chi connectivity index (χ4n) is 2.68. The van der Waals surface area contributed by atoms with E-state index in [1.54, 1.807) is 7.11 Å². The molecule has 0 fully saturated rings. The average molecular weight is 471 g/mol. The zero-order chi connectivity index (χ0) is 18.2. The van der Waals surface area contributed by atoms with Gasteiger partial charge in [-0.25, -0.2) is 0 Å². The minimum Gasteiger partial charge on any atom is -0.496 e. The van der Waals surface area contributed by atoms with E-state index >= 15 is 0 Å². The van der Waals surface area contributed by atoms with Crippen molar-refractivity contribution in [3.63, 3.8) is 0 Å². The van der Waals surface area contributed by atoms with Gasteiger partial charge in [0, 0.05) is 45.5 Å². The van der Waals surface area contributed by atoms with Crippen LogP contribution in [0.1, 0.15) is 23.6 Å². The zero-order valence-corrected chi connectivity index (χ0v) is 18.7. The lowest BCUT2D eigenvalue weighted by Gasteiger charge is -2.21. The van der Waals surface area contributed by atoms with Crippen LogP contribution in [-0.4, -0.2) is 47.9 Å². The summed E-state index contributed by atoms with van der Waals surface area (Å²) in [5.74, 6) is 1.84. The van der Waals surface area contributed by atoms with E-state index in [1.165, 1.54) is 11.1 Å². The first-order chi connectivity index (χ1) is 12.0. The maximum atomic E-state index is 5.39. The summed E-state index contributed by atoms with van der Waals surface area (Å²) in [7, 11) is 5.68. The second kappa shape index (κ2) is 11.1. The molecule has 144 valence electrons. The van der Waals surface area contributed by atoms with Gasteiger partial charge in [-0.3, -0.25) is 9.67 Å². The van der Waals surface area contributed by atoms with Crippen LogP contribution < -0.4 is 10.1 Å². The number of benzene rings is 1. The molecule has 7 heteroatoms. The van der Waals surface area contributed by atoms with Crippen molar-refractivity contribution >= 4 is 29.9 Å². The maximum Gasteiger partial charge on any atom is 0.193 e. The van der Waals surface area contributed by atoms with Crippen LogP contribution in [0.3, 0.4) is 0 Å². The average Bonchev–Trinajstić information content (AvgIpc) is 3.00. The SMILES string of the molecule is CCNC(=NCCc1ccc(C)c(OC)c1)N(C)Cc1cnn(C)c1.I. The van der Waals surface area contributed by atoms with Crippen LogP contribution in [0.5, 0.6) is 5.75 Å². The highest BCUT2D eigenvalue weighted by molar-refractivity contribution is 14.0. The summed E-state index contributed by atoms with van der Waals surface area (Å²) in [5, 5.41) is 7.57. The summed E-state index contributed by atoms with van der Waals surface area (Å²) in [6.45, 7) is 6.48. The molecule has 6 nitrogen and oxygen atoms in total. The van der Waals surface area contributed by atoms with Crippen molar-refractivity contribution in [3.05, 3.63) is 47.3 Å². The normalized spacial score (nSPS) is 11.0. The second-order valence-corrected chi connectivity index (χ2v) is 6.17. The summed E-state index contributed by atoms with van der Waals surface area (Å²) in [4.78, 5) is 6.87. The molecule has 2 rings (SSSR count). The Bertz CT molecular complexity index is 714. The summed E-state index contributed by atoms with van der Waals surface area (Å²) in [6, 6.07) is 6.33. The molecule has 0 amide bonds. The number of methoxy groups -OCH3 is 1. The first-order valence-corrected chi connectivity index (χ1v) is 8.64. The van der Waals surface area contributed by atoms with E-state index in [9.17, 15) is 0 Å². The van der Waals surface area contributed by atoms with E-state index in [2.05, 4.69) is 47.4 Å². The minimum absolute atomic E-state index is 0. The molecule has 0 bridgehead atoms. The van der Waals surface area contributed by atoms with Crippen molar-refractivity contribution in [2.75, 3.05) is 27.2 Å². The standard InChI is InChI=1S/C19H29N5O.HI/c1-6-20-19(23(3)13-17-12-22-24(4)14-17)21-10-9-16-8-7-15(2)18(11-16)25-5;/h7-8,11-12,14H,6,9-10,13H2,1-5H3,(H,20,21);1H. The number of nitrogens with zero attached hydrogens (tertiary/aromatic N) is 4.